The molecule has 0 radical (unpaired) electrons. The van der Waals surface area contributed by atoms with Crippen molar-refractivity contribution in [2.24, 2.45) is 0 Å². The molecule has 0 saturated heterocycles. The van der Waals surface area contributed by atoms with Crippen molar-refractivity contribution in [2.45, 2.75) is 33.3 Å². The molecule has 13 heavy (non-hydrogen) atoms. The van der Waals surface area contributed by atoms with E-state index in [-0.39, 0.29) is 11.4 Å². The molecule has 0 amide bonds. The van der Waals surface area contributed by atoms with Crippen LogP contribution in [-0.4, -0.2) is 16.4 Å². The number of nitrogens with zero attached hydrogens (tertiary/aromatic N) is 1. The van der Waals surface area contributed by atoms with Crippen LogP contribution in [0.5, 0.6) is 5.88 Å². The monoisotopic (exact) mass is 199 g/mol. The molecule has 0 saturated carbocycles. The van der Waals surface area contributed by atoms with E-state index < -0.39 is 0 Å². The Hall–Kier alpha value is -0.900. The SMILES string of the molecule is CC(=O)c1nc(OC(C)(C)C)cs1. The van der Waals surface area contributed by atoms with Crippen LogP contribution in [0.15, 0.2) is 5.38 Å². The lowest BCUT2D eigenvalue weighted by atomic mass is 10.2. The molecule has 1 aromatic rings. The fourth-order valence-electron chi connectivity index (χ4n) is 0.781. The third-order valence-corrected chi connectivity index (χ3v) is 2.12. The normalized spacial score (nSPS) is 11.4. The zero-order valence-electron chi connectivity index (χ0n) is 8.25. The number of hydrogen-bond donors (Lipinski definition) is 0. The van der Waals surface area contributed by atoms with Crippen molar-refractivity contribution in [3.8, 4) is 5.88 Å². The first-order valence-corrected chi connectivity index (χ1v) is 4.92. The van der Waals surface area contributed by atoms with Crippen LogP contribution < -0.4 is 4.74 Å². The maximum absolute atomic E-state index is 10.9. The summed E-state index contributed by atoms with van der Waals surface area (Å²) in [5.74, 6) is 0.511. The van der Waals surface area contributed by atoms with Crippen LogP contribution in [0.2, 0.25) is 0 Å². The van der Waals surface area contributed by atoms with Gasteiger partial charge in [0.1, 0.15) is 5.60 Å². The number of ketones is 1. The summed E-state index contributed by atoms with van der Waals surface area (Å²) in [6, 6.07) is 0. The number of carbonyl (C=O) groups excluding carboxylic acids is 1. The lowest BCUT2D eigenvalue weighted by molar-refractivity contribution is 0.101. The van der Waals surface area contributed by atoms with Gasteiger partial charge >= 0.3 is 0 Å². The topological polar surface area (TPSA) is 39.2 Å². The van der Waals surface area contributed by atoms with E-state index in [2.05, 4.69) is 4.98 Å². The average Bonchev–Trinajstić information content (AvgIpc) is 2.31. The molecule has 1 rings (SSSR count). The van der Waals surface area contributed by atoms with Gasteiger partial charge in [-0.05, 0) is 20.8 Å². The molecular formula is C9H13NO2S. The summed E-state index contributed by atoms with van der Waals surface area (Å²) in [5.41, 5.74) is -0.262. The zero-order chi connectivity index (χ0) is 10.1. The van der Waals surface area contributed by atoms with Gasteiger partial charge in [0.25, 0.3) is 0 Å². The van der Waals surface area contributed by atoms with Gasteiger partial charge in [-0.2, -0.15) is 4.98 Å². The molecule has 3 nitrogen and oxygen atoms in total. The van der Waals surface area contributed by atoms with E-state index in [0.29, 0.717) is 10.9 Å². The molecule has 4 heteroatoms. The molecule has 0 unspecified atom stereocenters. The standard InChI is InChI=1S/C9H13NO2S/c1-6(11)8-10-7(5-13-8)12-9(2,3)4/h5H,1-4H3. The van der Waals surface area contributed by atoms with E-state index in [1.165, 1.54) is 18.3 Å². The Morgan fingerprint density at radius 3 is 2.54 bits per heavy atom. The van der Waals surface area contributed by atoms with Crippen molar-refractivity contribution in [1.29, 1.82) is 0 Å². The summed E-state index contributed by atoms with van der Waals surface area (Å²) in [4.78, 5) is 15.0. The molecule has 0 aliphatic carbocycles. The number of Topliss-reactive ketones (excluding diaryl/α,β-unsaturated/α-hetero) is 1. The largest absolute Gasteiger partial charge is 0.471 e. The smallest absolute Gasteiger partial charge is 0.225 e. The molecule has 0 aliphatic heterocycles. The minimum atomic E-state index is -0.262. The van der Waals surface area contributed by atoms with E-state index in [1.54, 1.807) is 5.38 Å². The predicted molar refractivity (Wildman–Crippen MR) is 52.5 cm³/mol. The Balaban J connectivity index is 2.75. The number of hydrogen-bond acceptors (Lipinski definition) is 4. The van der Waals surface area contributed by atoms with Crippen molar-refractivity contribution >= 4 is 17.1 Å². The maximum atomic E-state index is 10.9. The Bertz CT molecular complexity index is 312. The third kappa shape index (κ3) is 3.14. The minimum Gasteiger partial charge on any atom is -0.471 e. The molecule has 0 fully saturated rings. The van der Waals surface area contributed by atoms with Crippen LogP contribution in [0.25, 0.3) is 0 Å². The number of aromatic nitrogens is 1. The van der Waals surface area contributed by atoms with Crippen LogP contribution in [-0.2, 0) is 0 Å². The Labute approximate surface area is 81.8 Å². The molecule has 0 N–H and O–H groups in total. The first-order valence-electron chi connectivity index (χ1n) is 4.04. The van der Waals surface area contributed by atoms with Gasteiger partial charge in [-0.1, -0.05) is 0 Å². The van der Waals surface area contributed by atoms with Crippen LogP contribution in [0, 0.1) is 0 Å². The summed E-state index contributed by atoms with van der Waals surface area (Å²) >= 11 is 1.31. The number of thiazole rings is 1. The van der Waals surface area contributed by atoms with Crippen molar-refractivity contribution in [3.05, 3.63) is 10.4 Å². The van der Waals surface area contributed by atoms with Gasteiger partial charge in [-0.3, -0.25) is 4.79 Å². The van der Waals surface area contributed by atoms with Gasteiger partial charge in [-0.15, -0.1) is 11.3 Å². The van der Waals surface area contributed by atoms with Crippen LogP contribution >= 0.6 is 11.3 Å². The minimum absolute atomic E-state index is 0.0197. The molecule has 0 aliphatic rings. The summed E-state index contributed by atoms with van der Waals surface area (Å²) in [6.07, 6.45) is 0. The fourth-order valence-corrected chi connectivity index (χ4v) is 1.40. The summed E-state index contributed by atoms with van der Waals surface area (Å²) < 4.78 is 5.48. The lowest BCUT2D eigenvalue weighted by Crippen LogP contribution is -2.23. The summed E-state index contributed by atoms with van der Waals surface area (Å²) in [7, 11) is 0. The first-order chi connectivity index (χ1) is 5.88. The average molecular weight is 199 g/mol. The second kappa shape index (κ2) is 3.46. The summed E-state index contributed by atoms with van der Waals surface area (Å²) in [6.45, 7) is 7.33. The molecule has 0 spiro atoms. The Morgan fingerprint density at radius 2 is 2.15 bits per heavy atom. The number of carbonyl (C=O) groups is 1. The Morgan fingerprint density at radius 1 is 1.54 bits per heavy atom. The highest BCUT2D eigenvalue weighted by atomic mass is 32.1. The quantitative estimate of drug-likeness (QED) is 0.687. The van der Waals surface area contributed by atoms with E-state index in [9.17, 15) is 4.79 Å². The Kier molecular flexibility index (Phi) is 2.71. The molecule has 1 heterocycles. The van der Waals surface area contributed by atoms with Gasteiger partial charge in [0.2, 0.25) is 5.88 Å². The second-order valence-electron chi connectivity index (χ2n) is 3.76. The fraction of sp³-hybridized carbons (Fsp3) is 0.556. The van der Waals surface area contributed by atoms with E-state index in [1.807, 2.05) is 20.8 Å². The van der Waals surface area contributed by atoms with Gasteiger partial charge in [0, 0.05) is 6.92 Å². The van der Waals surface area contributed by atoms with E-state index in [4.69, 9.17) is 4.74 Å². The molecule has 0 aromatic carbocycles. The van der Waals surface area contributed by atoms with Crippen LogP contribution in [0.3, 0.4) is 0 Å². The third-order valence-electron chi connectivity index (χ3n) is 1.20. The van der Waals surface area contributed by atoms with Crippen molar-refractivity contribution in [3.63, 3.8) is 0 Å². The molecule has 0 atom stereocenters. The van der Waals surface area contributed by atoms with Gasteiger partial charge < -0.3 is 4.74 Å². The molecule has 0 bridgehead atoms. The highest BCUT2D eigenvalue weighted by Crippen LogP contribution is 2.20. The molecular weight excluding hydrogens is 186 g/mol. The number of ether oxygens (including phenoxy) is 1. The molecule has 1 aromatic heterocycles. The second-order valence-corrected chi connectivity index (χ2v) is 4.62. The molecule has 72 valence electrons. The van der Waals surface area contributed by atoms with Crippen LogP contribution in [0.4, 0.5) is 0 Å². The lowest BCUT2D eigenvalue weighted by Gasteiger charge is -2.18. The number of rotatable bonds is 2. The maximum Gasteiger partial charge on any atom is 0.225 e. The van der Waals surface area contributed by atoms with E-state index in [0.717, 1.165) is 0 Å². The predicted octanol–water partition coefficient (Wildman–Crippen LogP) is 2.52. The zero-order valence-corrected chi connectivity index (χ0v) is 9.07. The van der Waals surface area contributed by atoms with Gasteiger partial charge in [-0.25, -0.2) is 0 Å². The van der Waals surface area contributed by atoms with E-state index >= 15 is 0 Å². The first kappa shape index (κ1) is 10.2. The highest BCUT2D eigenvalue weighted by molar-refractivity contribution is 7.11. The van der Waals surface area contributed by atoms with Gasteiger partial charge in [0.15, 0.2) is 10.8 Å². The highest BCUT2D eigenvalue weighted by Gasteiger charge is 2.15. The van der Waals surface area contributed by atoms with Crippen LogP contribution in [0.1, 0.15) is 37.5 Å². The summed E-state index contributed by atoms with van der Waals surface area (Å²) in [5, 5.41) is 2.25. The van der Waals surface area contributed by atoms with Gasteiger partial charge in [0.05, 0.1) is 5.38 Å². The van der Waals surface area contributed by atoms with Crippen molar-refractivity contribution in [1.82, 2.24) is 4.98 Å². The van der Waals surface area contributed by atoms with Crippen molar-refractivity contribution < 1.29 is 9.53 Å². The van der Waals surface area contributed by atoms with Crippen molar-refractivity contribution in [2.75, 3.05) is 0 Å².